The minimum absolute atomic E-state index is 0. The molecule has 1 aliphatic heterocycles. The molecule has 2 atom stereocenters. The fourth-order valence-electron chi connectivity index (χ4n) is 3.96. The predicted molar refractivity (Wildman–Crippen MR) is 113 cm³/mol. The molecule has 1 saturated heterocycles. The molecule has 1 saturated carbocycles. The monoisotopic (exact) mass is 423 g/mol. The third-order valence-corrected chi connectivity index (χ3v) is 5.65. The van der Waals surface area contributed by atoms with Gasteiger partial charge >= 0.3 is 5.97 Å². The van der Waals surface area contributed by atoms with Crippen LogP contribution >= 0.6 is 12.4 Å². The molecule has 3 N–H and O–H groups in total. The van der Waals surface area contributed by atoms with Crippen LogP contribution in [0.3, 0.4) is 0 Å². The molecule has 1 aliphatic carbocycles. The van der Waals surface area contributed by atoms with Crippen LogP contribution in [0.15, 0.2) is 24.3 Å². The first kappa shape index (κ1) is 23.2. The predicted octanol–water partition coefficient (Wildman–Crippen LogP) is 2.59. The number of nitrogens with zero attached hydrogens (tertiary/aromatic N) is 1. The molecule has 0 radical (unpaired) electrons. The van der Waals surface area contributed by atoms with Gasteiger partial charge in [-0.15, -0.1) is 12.4 Å². The Labute approximate surface area is 177 Å². The molecule has 1 aromatic carbocycles. The van der Waals surface area contributed by atoms with Crippen LogP contribution in [0.5, 0.6) is 0 Å². The van der Waals surface area contributed by atoms with Crippen molar-refractivity contribution in [1.29, 1.82) is 0 Å². The number of carbonyl (C=O) groups excluding carboxylic acids is 3. The molecule has 1 aromatic rings. The molecule has 7 nitrogen and oxygen atoms in total. The average Bonchev–Trinajstić information content (AvgIpc) is 3.15. The van der Waals surface area contributed by atoms with E-state index in [1.54, 1.807) is 36.1 Å². The normalized spacial score (nSPS) is 21.9. The summed E-state index contributed by atoms with van der Waals surface area (Å²) in [5, 5.41) is 2.91. The van der Waals surface area contributed by atoms with Crippen LogP contribution in [0, 0.1) is 11.8 Å². The number of esters is 1. The summed E-state index contributed by atoms with van der Waals surface area (Å²) in [4.78, 5) is 38.6. The lowest BCUT2D eigenvalue weighted by Gasteiger charge is -2.31. The number of rotatable bonds is 5. The maximum atomic E-state index is 12.7. The number of likely N-dealkylation sites (tertiary alicyclic amines) is 1. The largest absolute Gasteiger partial charge is 0.466 e. The fraction of sp³-hybridized carbons (Fsp3) is 0.571. The molecule has 0 spiro atoms. The number of hydrogen-bond acceptors (Lipinski definition) is 5. The van der Waals surface area contributed by atoms with E-state index in [0.29, 0.717) is 43.8 Å². The number of amides is 2. The second-order valence-electron chi connectivity index (χ2n) is 7.66. The summed E-state index contributed by atoms with van der Waals surface area (Å²) in [6.45, 7) is 3.27. The van der Waals surface area contributed by atoms with Crippen molar-refractivity contribution in [1.82, 2.24) is 4.90 Å². The van der Waals surface area contributed by atoms with Crippen LogP contribution in [-0.4, -0.2) is 48.4 Å². The number of ether oxygens (including phenoxy) is 1. The molecule has 2 fully saturated rings. The topological polar surface area (TPSA) is 102 Å². The van der Waals surface area contributed by atoms with Gasteiger partial charge in [-0.3, -0.25) is 14.4 Å². The number of piperidine rings is 1. The minimum atomic E-state index is -0.169. The number of nitrogens with one attached hydrogen (secondary N) is 1. The van der Waals surface area contributed by atoms with Gasteiger partial charge in [0, 0.05) is 36.3 Å². The molecule has 0 bridgehead atoms. The lowest BCUT2D eigenvalue weighted by molar-refractivity contribution is -0.149. The first-order valence-electron chi connectivity index (χ1n) is 10.1. The van der Waals surface area contributed by atoms with Gasteiger partial charge in [0.25, 0.3) is 5.91 Å². The summed E-state index contributed by atoms with van der Waals surface area (Å²) >= 11 is 0. The quantitative estimate of drug-likeness (QED) is 0.708. The summed E-state index contributed by atoms with van der Waals surface area (Å²) in [6.07, 6.45) is 3.69. The maximum absolute atomic E-state index is 12.7. The van der Waals surface area contributed by atoms with Gasteiger partial charge in [0.2, 0.25) is 5.91 Å². The highest BCUT2D eigenvalue weighted by molar-refractivity contribution is 5.96. The molecule has 1 heterocycles. The van der Waals surface area contributed by atoms with Crippen LogP contribution in [-0.2, 0) is 14.3 Å². The molecular weight excluding hydrogens is 394 g/mol. The summed E-state index contributed by atoms with van der Waals surface area (Å²) in [6, 6.07) is 7.09. The molecule has 160 valence electrons. The fourth-order valence-corrected chi connectivity index (χ4v) is 3.96. The van der Waals surface area contributed by atoms with Crippen LogP contribution in [0.4, 0.5) is 5.69 Å². The molecule has 8 heteroatoms. The van der Waals surface area contributed by atoms with Crippen LogP contribution < -0.4 is 11.1 Å². The zero-order chi connectivity index (χ0) is 20.1. The highest BCUT2D eigenvalue weighted by Gasteiger charge is 2.29. The van der Waals surface area contributed by atoms with Crippen molar-refractivity contribution in [2.45, 2.75) is 45.1 Å². The number of benzene rings is 1. The van der Waals surface area contributed by atoms with Crippen molar-refractivity contribution in [3.63, 3.8) is 0 Å². The molecule has 3 rings (SSSR count). The smallest absolute Gasteiger partial charge is 0.309 e. The van der Waals surface area contributed by atoms with E-state index in [1.807, 2.05) is 0 Å². The molecule has 2 unspecified atom stereocenters. The second kappa shape index (κ2) is 10.6. The van der Waals surface area contributed by atoms with Gasteiger partial charge in [-0.2, -0.15) is 0 Å². The Kier molecular flexibility index (Phi) is 8.46. The lowest BCUT2D eigenvalue weighted by Crippen LogP contribution is -2.40. The van der Waals surface area contributed by atoms with Gasteiger partial charge in [0.05, 0.1) is 12.5 Å². The van der Waals surface area contributed by atoms with Crippen molar-refractivity contribution in [2.24, 2.45) is 17.6 Å². The highest BCUT2D eigenvalue weighted by atomic mass is 35.5. The first-order valence-corrected chi connectivity index (χ1v) is 10.1. The Morgan fingerprint density at radius 2 is 1.72 bits per heavy atom. The minimum Gasteiger partial charge on any atom is -0.466 e. The Hall–Kier alpha value is -2.12. The number of halogens is 1. The van der Waals surface area contributed by atoms with Crippen LogP contribution in [0.2, 0.25) is 0 Å². The lowest BCUT2D eigenvalue weighted by atomic mass is 9.96. The van der Waals surface area contributed by atoms with E-state index in [2.05, 4.69) is 5.32 Å². The highest BCUT2D eigenvalue weighted by Crippen LogP contribution is 2.26. The Morgan fingerprint density at radius 1 is 1.07 bits per heavy atom. The van der Waals surface area contributed by atoms with E-state index in [0.717, 1.165) is 19.3 Å². The van der Waals surface area contributed by atoms with Gasteiger partial charge in [0.15, 0.2) is 0 Å². The van der Waals surface area contributed by atoms with E-state index in [9.17, 15) is 14.4 Å². The third-order valence-electron chi connectivity index (χ3n) is 5.65. The average molecular weight is 424 g/mol. The zero-order valence-electron chi connectivity index (χ0n) is 16.8. The summed E-state index contributed by atoms with van der Waals surface area (Å²) < 4.78 is 5.07. The summed E-state index contributed by atoms with van der Waals surface area (Å²) in [7, 11) is 0. The SMILES string of the molecule is CCOC(=O)C1CCN(C(=O)c2ccc(NC(=O)C3CCC(N)C3)cc2)CC1.Cl. The van der Waals surface area contributed by atoms with Crippen molar-refractivity contribution in [2.75, 3.05) is 25.0 Å². The van der Waals surface area contributed by atoms with Crippen molar-refractivity contribution < 1.29 is 19.1 Å². The zero-order valence-corrected chi connectivity index (χ0v) is 17.6. The Bertz CT molecular complexity index is 717. The van der Waals surface area contributed by atoms with Crippen molar-refractivity contribution >= 4 is 35.9 Å². The van der Waals surface area contributed by atoms with Crippen LogP contribution in [0.25, 0.3) is 0 Å². The van der Waals surface area contributed by atoms with Gasteiger partial charge in [-0.05, 0) is 63.3 Å². The summed E-state index contributed by atoms with van der Waals surface area (Å²) in [5.74, 6) is -0.379. The maximum Gasteiger partial charge on any atom is 0.309 e. The van der Waals surface area contributed by atoms with E-state index < -0.39 is 0 Å². The number of hydrogen-bond donors (Lipinski definition) is 2. The van der Waals surface area contributed by atoms with Crippen molar-refractivity contribution in [3.8, 4) is 0 Å². The molecular formula is C21H30ClN3O4. The Morgan fingerprint density at radius 3 is 2.28 bits per heavy atom. The molecule has 2 aliphatic rings. The molecule has 0 aromatic heterocycles. The third kappa shape index (κ3) is 5.93. The van der Waals surface area contributed by atoms with Gasteiger partial charge in [-0.1, -0.05) is 0 Å². The first-order chi connectivity index (χ1) is 13.5. The molecule has 29 heavy (non-hydrogen) atoms. The number of carbonyl (C=O) groups is 3. The van der Waals surface area contributed by atoms with Gasteiger partial charge in [-0.25, -0.2) is 0 Å². The second-order valence-corrected chi connectivity index (χ2v) is 7.66. The number of nitrogens with two attached hydrogens (primary N) is 1. The number of anilines is 1. The van der Waals surface area contributed by atoms with Crippen LogP contribution in [0.1, 0.15) is 49.4 Å². The molecule has 2 amide bonds. The van der Waals surface area contributed by atoms with E-state index in [1.165, 1.54) is 0 Å². The van der Waals surface area contributed by atoms with E-state index in [-0.39, 0.29) is 48.1 Å². The summed E-state index contributed by atoms with van der Waals surface area (Å²) in [5.41, 5.74) is 7.14. The standard InChI is InChI=1S/C21H29N3O4.ClH/c1-2-28-21(27)15-9-11-24(12-10-15)20(26)14-4-7-18(8-5-14)23-19(25)16-3-6-17(22)13-16;/h4-5,7-8,15-17H,2-3,6,9-13,22H2,1H3,(H,23,25);1H. The Balaban J connectivity index is 0.00000300. The van der Waals surface area contributed by atoms with Gasteiger partial charge in [0.1, 0.15) is 0 Å². The van der Waals surface area contributed by atoms with E-state index >= 15 is 0 Å². The van der Waals surface area contributed by atoms with E-state index in [4.69, 9.17) is 10.5 Å². The van der Waals surface area contributed by atoms with Crippen molar-refractivity contribution in [3.05, 3.63) is 29.8 Å². The van der Waals surface area contributed by atoms with Gasteiger partial charge < -0.3 is 20.7 Å².